The molecule has 0 aliphatic heterocycles. The summed E-state index contributed by atoms with van der Waals surface area (Å²) in [4.78, 5) is 29.9. The topological polar surface area (TPSA) is 84.5 Å². The molecule has 138 valence electrons. The largest absolute Gasteiger partial charge is 0.409 e. The molecule has 0 bridgehead atoms. The third kappa shape index (κ3) is 3.65. The Morgan fingerprint density at radius 1 is 1.07 bits per heavy atom. The number of hydrogen-bond donors (Lipinski definition) is 1. The highest BCUT2D eigenvalue weighted by Gasteiger charge is 2.23. The number of para-hydroxylation sites is 1. The van der Waals surface area contributed by atoms with E-state index < -0.39 is 11.0 Å². The van der Waals surface area contributed by atoms with Gasteiger partial charge in [-0.3, -0.25) is 14.2 Å². The second-order valence-corrected chi connectivity index (χ2v) is 7.33. The number of Topliss-reactive ketones (excluding diaryl/α,β-unsaturated/α-hetero) is 1. The maximum absolute atomic E-state index is 13.0. The molecule has 3 aromatic rings. The van der Waals surface area contributed by atoms with Gasteiger partial charge in [-0.15, -0.1) is 0 Å². The van der Waals surface area contributed by atoms with E-state index >= 15 is 0 Å². The van der Waals surface area contributed by atoms with Crippen molar-refractivity contribution in [3.05, 3.63) is 70.4 Å². The highest BCUT2D eigenvalue weighted by molar-refractivity contribution is 5.93. The van der Waals surface area contributed by atoms with Crippen molar-refractivity contribution >= 4 is 16.7 Å². The van der Waals surface area contributed by atoms with Crippen molar-refractivity contribution in [1.29, 1.82) is 0 Å². The Balaban J connectivity index is 2.44. The van der Waals surface area contributed by atoms with Gasteiger partial charge in [-0.25, -0.2) is 4.98 Å². The third-order valence-electron chi connectivity index (χ3n) is 4.38. The van der Waals surface area contributed by atoms with Crippen molar-refractivity contribution in [1.82, 2.24) is 9.55 Å². The standard InChI is InChI=1S/C21H21N3O3/c1-21(2,3)17(25)13-24-16-12-8-7-11-15(16)18(14-9-5-4-6-10-14)22-19(23-27)20(24)26/h4-12,27H,13H2,1-3H3. The Labute approximate surface area is 156 Å². The number of aromatic nitrogens is 2. The Morgan fingerprint density at radius 2 is 1.70 bits per heavy atom. The zero-order chi connectivity index (χ0) is 19.6. The summed E-state index contributed by atoms with van der Waals surface area (Å²) in [6.07, 6.45) is 0. The predicted molar refractivity (Wildman–Crippen MR) is 103 cm³/mol. The monoisotopic (exact) mass is 363 g/mol. The summed E-state index contributed by atoms with van der Waals surface area (Å²) in [7, 11) is 0. The van der Waals surface area contributed by atoms with Crippen LogP contribution in [-0.2, 0) is 11.3 Å². The molecule has 1 heterocycles. The van der Waals surface area contributed by atoms with Crippen molar-refractivity contribution in [3.8, 4) is 11.3 Å². The lowest BCUT2D eigenvalue weighted by Crippen LogP contribution is -2.38. The minimum atomic E-state index is -0.617. The van der Waals surface area contributed by atoms with Crippen molar-refractivity contribution in [2.45, 2.75) is 27.3 Å². The van der Waals surface area contributed by atoms with Gasteiger partial charge in [0.25, 0.3) is 11.0 Å². The minimum absolute atomic E-state index is 0.105. The first-order valence-electron chi connectivity index (χ1n) is 8.63. The molecule has 0 atom stereocenters. The van der Waals surface area contributed by atoms with Gasteiger partial charge in [-0.1, -0.05) is 74.5 Å². The van der Waals surface area contributed by atoms with Crippen molar-refractivity contribution in [3.63, 3.8) is 0 Å². The number of ketones is 1. The molecule has 2 aromatic carbocycles. The molecule has 0 fully saturated rings. The van der Waals surface area contributed by atoms with E-state index in [2.05, 4.69) is 10.1 Å². The van der Waals surface area contributed by atoms with E-state index in [4.69, 9.17) is 0 Å². The van der Waals surface area contributed by atoms with E-state index in [1.807, 2.05) is 42.5 Å². The van der Waals surface area contributed by atoms with Crippen molar-refractivity contribution in [2.24, 2.45) is 10.6 Å². The highest BCUT2D eigenvalue weighted by atomic mass is 16.4. The molecule has 0 saturated carbocycles. The normalized spacial score (nSPS) is 12.3. The van der Waals surface area contributed by atoms with Crippen LogP contribution in [0.25, 0.3) is 22.2 Å². The lowest BCUT2D eigenvalue weighted by atomic mass is 9.91. The van der Waals surface area contributed by atoms with Gasteiger partial charge in [0.1, 0.15) is 0 Å². The fraction of sp³-hybridized carbons (Fsp3) is 0.238. The van der Waals surface area contributed by atoms with Gasteiger partial charge in [-0.2, -0.15) is 0 Å². The van der Waals surface area contributed by atoms with E-state index in [9.17, 15) is 14.8 Å². The molecular formula is C21H21N3O3. The number of carbonyl (C=O) groups excluding carboxylic acids is 1. The molecule has 0 saturated heterocycles. The molecule has 0 aliphatic rings. The Bertz CT molecular complexity index is 1130. The predicted octanol–water partition coefficient (Wildman–Crippen LogP) is 2.97. The van der Waals surface area contributed by atoms with Gasteiger partial charge in [-0.05, 0) is 6.07 Å². The van der Waals surface area contributed by atoms with Crippen molar-refractivity contribution < 1.29 is 10.0 Å². The Morgan fingerprint density at radius 3 is 2.33 bits per heavy atom. The van der Waals surface area contributed by atoms with Crippen LogP contribution in [0.4, 0.5) is 0 Å². The van der Waals surface area contributed by atoms with Crippen LogP contribution < -0.4 is 11.0 Å². The lowest BCUT2D eigenvalue weighted by Gasteiger charge is -2.17. The maximum atomic E-state index is 13.0. The molecule has 0 radical (unpaired) electrons. The van der Waals surface area contributed by atoms with Crippen LogP contribution in [0.15, 0.2) is 64.5 Å². The fourth-order valence-electron chi connectivity index (χ4n) is 2.77. The zero-order valence-corrected chi connectivity index (χ0v) is 15.5. The number of nitrogens with zero attached hydrogens (tertiary/aromatic N) is 3. The summed E-state index contributed by atoms with van der Waals surface area (Å²) < 4.78 is 1.33. The number of carbonyl (C=O) groups is 1. The molecule has 1 aromatic heterocycles. The summed E-state index contributed by atoms with van der Waals surface area (Å²) in [6.45, 7) is 5.28. The molecule has 1 N–H and O–H groups in total. The van der Waals surface area contributed by atoms with Crippen LogP contribution in [-0.4, -0.2) is 20.5 Å². The molecule has 6 heteroatoms. The first-order valence-corrected chi connectivity index (χ1v) is 8.63. The zero-order valence-electron chi connectivity index (χ0n) is 15.5. The van der Waals surface area contributed by atoms with E-state index in [-0.39, 0.29) is 17.8 Å². The number of hydrogen-bond acceptors (Lipinski definition) is 5. The molecule has 6 nitrogen and oxygen atoms in total. The second-order valence-electron chi connectivity index (χ2n) is 7.33. The fourth-order valence-corrected chi connectivity index (χ4v) is 2.77. The Kier molecular flexibility index (Phi) is 4.90. The van der Waals surface area contributed by atoms with Crippen LogP contribution in [0.5, 0.6) is 0 Å². The molecule has 27 heavy (non-hydrogen) atoms. The van der Waals surface area contributed by atoms with Gasteiger partial charge >= 0.3 is 0 Å². The van der Waals surface area contributed by atoms with Gasteiger partial charge < -0.3 is 5.21 Å². The maximum Gasteiger partial charge on any atom is 0.299 e. The average molecular weight is 363 g/mol. The summed E-state index contributed by atoms with van der Waals surface area (Å²) in [5.41, 5.74) is 0.267. The number of benzene rings is 2. The van der Waals surface area contributed by atoms with Crippen LogP contribution in [0.1, 0.15) is 20.8 Å². The van der Waals surface area contributed by atoms with Gasteiger partial charge in [0, 0.05) is 16.4 Å². The third-order valence-corrected chi connectivity index (χ3v) is 4.38. The van der Waals surface area contributed by atoms with Gasteiger partial charge in [0.05, 0.1) is 17.8 Å². The summed E-state index contributed by atoms with van der Waals surface area (Å²) in [6, 6.07) is 16.6. The molecule has 0 spiro atoms. The highest BCUT2D eigenvalue weighted by Crippen LogP contribution is 2.24. The van der Waals surface area contributed by atoms with E-state index in [1.54, 1.807) is 32.9 Å². The summed E-state index contributed by atoms with van der Waals surface area (Å²) in [5.74, 6) is -0.105. The number of fused-ring (bicyclic) bond motifs is 1. The molecular weight excluding hydrogens is 342 g/mol. The molecule has 0 amide bonds. The Hall–Kier alpha value is -3.28. The van der Waals surface area contributed by atoms with Crippen LogP contribution in [0.3, 0.4) is 0 Å². The van der Waals surface area contributed by atoms with E-state index in [1.165, 1.54) is 4.57 Å². The lowest BCUT2D eigenvalue weighted by molar-refractivity contribution is -0.126. The first kappa shape index (κ1) is 18.5. The van der Waals surface area contributed by atoms with Crippen molar-refractivity contribution in [2.75, 3.05) is 0 Å². The van der Waals surface area contributed by atoms with Crippen LogP contribution >= 0.6 is 0 Å². The minimum Gasteiger partial charge on any atom is -0.409 e. The van der Waals surface area contributed by atoms with Crippen LogP contribution in [0.2, 0.25) is 0 Å². The van der Waals surface area contributed by atoms with E-state index in [0.29, 0.717) is 16.6 Å². The molecule has 0 unspecified atom stereocenters. The van der Waals surface area contributed by atoms with Crippen LogP contribution in [0, 0.1) is 5.41 Å². The molecule has 3 rings (SSSR count). The summed E-state index contributed by atoms with van der Waals surface area (Å²) >= 11 is 0. The average Bonchev–Trinajstić information content (AvgIpc) is 2.77. The van der Waals surface area contributed by atoms with Gasteiger partial charge in [0.15, 0.2) is 5.78 Å². The smallest absolute Gasteiger partial charge is 0.299 e. The summed E-state index contributed by atoms with van der Waals surface area (Å²) in [5, 5.41) is 13.2. The van der Waals surface area contributed by atoms with Gasteiger partial charge in [0.2, 0.25) is 0 Å². The second kappa shape index (κ2) is 7.15. The van der Waals surface area contributed by atoms with E-state index in [0.717, 1.165) is 5.56 Å². The SMILES string of the molecule is CC(C)(C)C(=O)Cn1c(=O)c(=NO)nc(-c2ccccc2)c2ccccc21. The first-order chi connectivity index (χ1) is 12.8. The quantitative estimate of drug-likeness (QED) is 0.573. The molecule has 0 aliphatic carbocycles. The number of rotatable bonds is 3.